The highest BCUT2D eigenvalue weighted by Crippen LogP contribution is 2.18. The number of amides is 1. The SMILES string of the molecule is CN(C(=O)c1ccncc1N)c1ccc(C#N)cc1. The van der Waals surface area contributed by atoms with E-state index in [9.17, 15) is 4.79 Å². The first-order chi connectivity index (χ1) is 9.13. The molecule has 2 aromatic rings. The number of benzene rings is 1. The van der Waals surface area contributed by atoms with E-state index in [-0.39, 0.29) is 5.91 Å². The molecule has 0 aliphatic carbocycles. The van der Waals surface area contributed by atoms with Crippen molar-refractivity contribution in [2.75, 3.05) is 17.7 Å². The van der Waals surface area contributed by atoms with Gasteiger partial charge in [-0.1, -0.05) is 0 Å². The topological polar surface area (TPSA) is 83.0 Å². The normalized spacial score (nSPS) is 9.68. The summed E-state index contributed by atoms with van der Waals surface area (Å²) in [5, 5.41) is 8.74. The minimum Gasteiger partial charge on any atom is -0.397 e. The van der Waals surface area contributed by atoms with Crippen molar-refractivity contribution in [2.24, 2.45) is 0 Å². The minimum absolute atomic E-state index is 0.218. The molecule has 0 aliphatic heterocycles. The maximum absolute atomic E-state index is 12.3. The van der Waals surface area contributed by atoms with E-state index in [0.717, 1.165) is 0 Å². The Morgan fingerprint density at radius 2 is 2.00 bits per heavy atom. The van der Waals surface area contributed by atoms with Gasteiger partial charge in [0.2, 0.25) is 0 Å². The van der Waals surface area contributed by atoms with Crippen LogP contribution >= 0.6 is 0 Å². The van der Waals surface area contributed by atoms with E-state index in [2.05, 4.69) is 4.98 Å². The van der Waals surface area contributed by atoms with Gasteiger partial charge in [-0.15, -0.1) is 0 Å². The van der Waals surface area contributed by atoms with Gasteiger partial charge in [-0.25, -0.2) is 0 Å². The third-order valence-corrected chi connectivity index (χ3v) is 2.77. The monoisotopic (exact) mass is 252 g/mol. The van der Waals surface area contributed by atoms with Crippen molar-refractivity contribution in [3.8, 4) is 6.07 Å². The zero-order valence-electron chi connectivity index (χ0n) is 10.4. The van der Waals surface area contributed by atoms with Crippen LogP contribution in [-0.4, -0.2) is 17.9 Å². The Morgan fingerprint density at radius 3 is 2.58 bits per heavy atom. The molecule has 0 saturated carbocycles. The Kier molecular flexibility index (Phi) is 3.44. The molecule has 0 spiro atoms. The van der Waals surface area contributed by atoms with Crippen LogP contribution < -0.4 is 10.6 Å². The number of aromatic nitrogens is 1. The van der Waals surface area contributed by atoms with Gasteiger partial charge < -0.3 is 10.6 Å². The highest BCUT2D eigenvalue weighted by Gasteiger charge is 2.15. The summed E-state index contributed by atoms with van der Waals surface area (Å²) >= 11 is 0. The number of nitrogens with zero attached hydrogens (tertiary/aromatic N) is 3. The third-order valence-electron chi connectivity index (χ3n) is 2.77. The predicted octanol–water partition coefficient (Wildman–Crippen LogP) is 1.81. The number of rotatable bonds is 2. The molecule has 5 heteroatoms. The molecule has 19 heavy (non-hydrogen) atoms. The van der Waals surface area contributed by atoms with Crippen LogP contribution in [0.1, 0.15) is 15.9 Å². The molecule has 94 valence electrons. The Hall–Kier alpha value is -2.87. The third kappa shape index (κ3) is 2.53. The van der Waals surface area contributed by atoms with Crippen LogP contribution in [0.5, 0.6) is 0 Å². The van der Waals surface area contributed by atoms with Gasteiger partial charge in [0.05, 0.1) is 29.1 Å². The van der Waals surface area contributed by atoms with Gasteiger partial charge >= 0.3 is 0 Å². The van der Waals surface area contributed by atoms with Crippen LogP contribution in [0.15, 0.2) is 42.7 Å². The number of hydrogen-bond acceptors (Lipinski definition) is 4. The lowest BCUT2D eigenvalue weighted by molar-refractivity contribution is 0.0994. The van der Waals surface area contributed by atoms with Crippen LogP contribution in [-0.2, 0) is 0 Å². The van der Waals surface area contributed by atoms with Gasteiger partial charge in [0.15, 0.2) is 0 Å². The first-order valence-electron chi connectivity index (χ1n) is 5.61. The van der Waals surface area contributed by atoms with Crippen molar-refractivity contribution in [2.45, 2.75) is 0 Å². The minimum atomic E-state index is -0.218. The van der Waals surface area contributed by atoms with Crippen molar-refractivity contribution < 1.29 is 4.79 Å². The van der Waals surface area contributed by atoms with E-state index < -0.39 is 0 Å². The van der Waals surface area contributed by atoms with Gasteiger partial charge in [0, 0.05) is 18.9 Å². The van der Waals surface area contributed by atoms with Crippen LogP contribution in [0.2, 0.25) is 0 Å². The Balaban J connectivity index is 2.29. The number of hydrogen-bond donors (Lipinski definition) is 1. The Morgan fingerprint density at radius 1 is 1.32 bits per heavy atom. The lowest BCUT2D eigenvalue weighted by atomic mass is 10.1. The fourth-order valence-corrected chi connectivity index (χ4v) is 1.66. The molecule has 0 radical (unpaired) electrons. The van der Waals surface area contributed by atoms with Gasteiger partial charge in [0.25, 0.3) is 5.91 Å². The van der Waals surface area contributed by atoms with Crippen LogP contribution in [0, 0.1) is 11.3 Å². The molecule has 0 fully saturated rings. The maximum atomic E-state index is 12.3. The molecule has 2 N–H and O–H groups in total. The van der Waals surface area contributed by atoms with E-state index in [1.807, 2.05) is 6.07 Å². The van der Waals surface area contributed by atoms with Crippen molar-refractivity contribution in [3.63, 3.8) is 0 Å². The Labute approximate surface area is 110 Å². The molecular weight excluding hydrogens is 240 g/mol. The average molecular weight is 252 g/mol. The van der Waals surface area contributed by atoms with Gasteiger partial charge in [0.1, 0.15) is 0 Å². The first-order valence-corrected chi connectivity index (χ1v) is 5.61. The van der Waals surface area contributed by atoms with E-state index in [1.54, 1.807) is 37.4 Å². The molecule has 2 rings (SSSR count). The van der Waals surface area contributed by atoms with E-state index in [0.29, 0.717) is 22.5 Å². The van der Waals surface area contributed by atoms with Crippen LogP contribution in [0.4, 0.5) is 11.4 Å². The fourth-order valence-electron chi connectivity index (χ4n) is 1.66. The average Bonchev–Trinajstić information content (AvgIpc) is 2.46. The summed E-state index contributed by atoms with van der Waals surface area (Å²) in [5.41, 5.74) is 7.72. The molecule has 1 heterocycles. The summed E-state index contributed by atoms with van der Waals surface area (Å²) in [6.07, 6.45) is 2.97. The molecule has 1 amide bonds. The zero-order valence-corrected chi connectivity index (χ0v) is 10.4. The maximum Gasteiger partial charge on any atom is 0.260 e. The van der Waals surface area contributed by atoms with Crippen molar-refractivity contribution >= 4 is 17.3 Å². The molecule has 0 unspecified atom stereocenters. The smallest absolute Gasteiger partial charge is 0.260 e. The highest BCUT2D eigenvalue weighted by atomic mass is 16.2. The number of nitrogen functional groups attached to an aromatic ring is 1. The summed E-state index contributed by atoms with van der Waals surface area (Å²) in [5.74, 6) is -0.218. The van der Waals surface area contributed by atoms with Crippen molar-refractivity contribution in [1.29, 1.82) is 5.26 Å². The van der Waals surface area contributed by atoms with Gasteiger partial charge in [-0.3, -0.25) is 9.78 Å². The number of carbonyl (C=O) groups is 1. The second-order valence-electron chi connectivity index (χ2n) is 3.99. The van der Waals surface area contributed by atoms with E-state index >= 15 is 0 Å². The summed E-state index contributed by atoms with van der Waals surface area (Å²) in [7, 11) is 1.66. The summed E-state index contributed by atoms with van der Waals surface area (Å²) in [6, 6.07) is 10.4. The second kappa shape index (κ2) is 5.19. The van der Waals surface area contributed by atoms with Gasteiger partial charge in [-0.05, 0) is 30.3 Å². The molecular formula is C14H12N4O. The second-order valence-corrected chi connectivity index (χ2v) is 3.99. The molecule has 1 aromatic carbocycles. The fraction of sp³-hybridized carbons (Fsp3) is 0.0714. The van der Waals surface area contributed by atoms with Crippen molar-refractivity contribution in [3.05, 3.63) is 53.9 Å². The van der Waals surface area contributed by atoms with E-state index in [4.69, 9.17) is 11.0 Å². The summed E-state index contributed by atoms with van der Waals surface area (Å²) in [4.78, 5) is 17.6. The molecule has 0 bridgehead atoms. The van der Waals surface area contributed by atoms with Gasteiger partial charge in [-0.2, -0.15) is 5.26 Å². The summed E-state index contributed by atoms with van der Waals surface area (Å²) < 4.78 is 0. The molecule has 1 aromatic heterocycles. The van der Waals surface area contributed by atoms with Crippen LogP contribution in [0.3, 0.4) is 0 Å². The molecule has 0 aliphatic rings. The number of nitrogens with two attached hydrogens (primary N) is 1. The molecule has 0 atom stereocenters. The first kappa shape index (κ1) is 12.6. The Bertz CT molecular complexity index is 643. The standard InChI is InChI=1S/C14H12N4O/c1-18(11-4-2-10(8-15)3-5-11)14(19)12-6-7-17-9-13(12)16/h2-7,9H,16H2,1H3. The van der Waals surface area contributed by atoms with Crippen LogP contribution in [0.25, 0.3) is 0 Å². The molecule has 0 saturated heterocycles. The number of anilines is 2. The number of carbonyl (C=O) groups excluding carboxylic acids is 1. The molecule has 5 nitrogen and oxygen atoms in total. The lowest BCUT2D eigenvalue weighted by Gasteiger charge is -2.18. The zero-order chi connectivity index (χ0) is 13.8. The predicted molar refractivity (Wildman–Crippen MR) is 72.5 cm³/mol. The number of nitriles is 1. The van der Waals surface area contributed by atoms with Crippen molar-refractivity contribution in [1.82, 2.24) is 4.98 Å². The highest BCUT2D eigenvalue weighted by molar-refractivity contribution is 6.08. The quantitative estimate of drug-likeness (QED) is 0.883. The summed E-state index contributed by atoms with van der Waals surface area (Å²) in [6.45, 7) is 0. The largest absolute Gasteiger partial charge is 0.397 e. The number of pyridine rings is 1. The lowest BCUT2D eigenvalue weighted by Crippen LogP contribution is -2.27. The van der Waals surface area contributed by atoms with E-state index in [1.165, 1.54) is 17.3 Å².